The Hall–Kier alpha value is -1.06. The minimum Gasteiger partial charge on any atom is -0.392 e. The number of nitrogens with one attached hydrogen (secondary N) is 1. The number of ether oxygens (including phenoxy) is 1. The van der Waals surface area contributed by atoms with E-state index in [2.05, 4.69) is 19.2 Å². The van der Waals surface area contributed by atoms with Crippen molar-refractivity contribution in [2.45, 2.75) is 32.5 Å². The minimum absolute atomic E-state index is 0.0824. The van der Waals surface area contributed by atoms with Crippen LogP contribution in [-0.4, -0.2) is 24.4 Å². The summed E-state index contributed by atoms with van der Waals surface area (Å²) in [7, 11) is 1.73. The summed E-state index contributed by atoms with van der Waals surface area (Å²) in [6.07, 6.45) is 0.937. The van der Waals surface area contributed by atoms with Gasteiger partial charge in [0.1, 0.15) is 0 Å². The maximum absolute atomic E-state index is 9.01. The Bertz CT molecular complexity index is 323. The maximum Gasteiger partial charge on any atom is 0.0682 e. The Kier molecular flexibility index (Phi) is 4.77. The molecule has 0 saturated carbocycles. The smallest absolute Gasteiger partial charge is 0.0682 e. The van der Waals surface area contributed by atoms with E-state index in [4.69, 9.17) is 9.84 Å². The Morgan fingerprint density at radius 1 is 1.38 bits per heavy atom. The van der Waals surface area contributed by atoms with Gasteiger partial charge in [0.15, 0.2) is 0 Å². The van der Waals surface area contributed by atoms with Crippen molar-refractivity contribution in [3.8, 4) is 0 Å². The third-order valence-corrected chi connectivity index (χ3v) is 2.72. The molecule has 0 heterocycles. The van der Waals surface area contributed by atoms with Gasteiger partial charge in [0.2, 0.25) is 0 Å². The van der Waals surface area contributed by atoms with Gasteiger partial charge in [0, 0.05) is 19.3 Å². The summed E-state index contributed by atoms with van der Waals surface area (Å²) in [5.74, 6) is 0. The molecule has 3 nitrogen and oxygen atoms in total. The van der Waals surface area contributed by atoms with Crippen molar-refractivity contribution < 1.29 is 9.84 Å². The third kappa shape index (κ3) is 4.21. The minimum atomic E-state index is -0.0956. The molecule has 3 heteroatoms. The fraction of sp³-hybridized carbons (Fsp3) is 0.538. The molecule has 0 spiro atoms. The molecule has 0 fully saturated rings. The molecule has 0 saturated heterocycles. The molecule has 1 rings (SSSR count). The number of aliphatic hydroxyl groups is 1. The number of anilines is 1. The van der Waals surface area contributed by atoms with E-state index in [-0.39, 0.29) is 12.2 Å². The van der Waals surface area contributed by atoms with E-state index in [1.807, 2.05) is 24.3 Å². The SMILES string of the molecule is COC(C)(C)CCNc1cccc(CO)c1. The molecule has 2 N–H and O–H groups in total. The molecule has 0 unspecified atom stereocenters. The zero-order valence-corrected chi connectivity index (χ0v) is 10.3. The van der Waals surface area contributed by atoms with Crippen LogP contribution < -0.4 is 5.32 Å². The van der Waals surface area contributed by atoms with Crippen LogP contribution in [0.3, 0.4) is 0 Å². The van der Waals surface area contributed by atoms with Crippen LogP contribution in [0.4, 0.5) is 5.69 Å². The highest BCUT2D eigenvalue weighted by Crippen LogP contribution is 2.15. The molecule has 0 aliphatic heterocycles. The number of benzene rings is 1. The standard InChI is InChI=1S/C13H21NO2/c1-13(2,16-3)7-8-14-12-6-4-5-11(9-12)10-15/h4-6,9,14-15H,7-8,10H2,1-3H3. The summed E-state index contributed by atoms with van der Waals surface area (Å²) >= 11 is 0. The Balaban J connectivity index is 2.42. The lowest BCUT2D eigenvalue weighted by atomic mass is 10.1. The quantitative estimate of drug-likeness (QED) is 0.778. The van der Waals surface area contributed by atoms with Crippen LogP contribution in [0, 0.1) is 0 Å². The van der Waals surface area contributed by atoms with Gasteiger partial charge in [-0.2, -0.15) is 0 Å². The molecule has 0 amide bonds. The first-order valence-corrected chi connectivity index (χ1v) is 5.56. The van der Waals surface area contributed by atoms with Crippen LogP contribution in [0.1, 0.15) is 25.8 Å². The lowest BCUT2D eigenvalue weighted by molar-refractivity contribution is 0.0185. The van der Waals surface area contributed by atoms with Crippen LogP contribution in [-0.2, 0) is 11.3 Å². The predicted molar refractivity (Wildman–Crippen MR) is 66.6 cm³/mol. The van der Waals surface area contributed by atoms with Crippen LogP contribution in [0.5, 0.6) is 0 Å². The highest BCUT2D eigenvalue weighted by atomic mass is 16.5. The average Bonchev–Trinajstić information content (AvgIpc) is 2.29. The molecule has 1 aromatic rings. The fourth-order valence-electron chi connectivity index (χ4n) is 1.39. The third-order valence-electron chi connectivity index (χ3n) is 2.72. The number of aliphatic hydroxyl groups excluding tert-OH is 1. The molecular formula is C13H21NO2. The van der Waals surface area contributed by atoms with Crippen molar-refractivity contribution in [2.24, 2.45) is 0 Å². The van der Waals surface area contributed by atoms with E-state index in [9.17, 15) is 0 Å². The predicted octanol–water partition coefficient (Wildman–Crippen LogP) is 2.41. The van der Waals surface area contributed by atoms with Crippen molar-refractivity contribution in [1.82, 2.24) is 0 Å². The number of methoxy groups -OCH3 is 1. The molecule has 0 aromatic heterocycles. The number of hydrogen-bond acceptors (Lipinski definition) is 3. The molecule has 1 aromatic carbocycles. The molecule has 90 valence electrons. The molecular weight excluding hydrogens is 202 g/mol. The summed E-state index contributed by atoms with van der Waals surface area (Å²) in [6.45, 7) is 5.08. The van der Waals surface area contributed by atoms with Crippen molar-refractivity contribution in [3.63, 3.8) is 0 Å². The van der Waals surface area contributed by atoms with Crippen molar-refractivity contribution in [3.05, 3.63) is 29.8 Å². The van der Waals surface area contributed by atoms with Gasteiger partial charge in [-0.05, 0) is 38.0 Å². The van der Waals surface area contributed by atoms with Gasteiger partial charge in [0.25, 0.3) is 0 Å². The van der Waals surface area contributed by atoms with Crippen molar-refractivity contribution in [1.29, 1.82) is 0 Å². The van der Waals surface area contributed by atoms with Crippen molar-refractivity contribution >= 4 is 5.69 Å². The van der Waals surface area contributed by atoms with Crippen LogP contribution in [0.15, 0.2) is 24.3 Å². The lowest BCUT2D eigenvalue weighted by Crippen LogP contribution is -2.25. The Labute approximate surface area is 97.4 Å². The Morgan fingerprint density at radius 3 is 2.75 bits per heavy atom. The maximum atomic E-state index is 9.01. The highest BCUT2D eigenvalue weighted by Gasteiger charge is 2.14. The van der Waals surface area contributed by atoms with Gasteiger partial charge >= 0.3 is 0 Å². The van der Waals surface area contributed by atoms with Gasteiger partial charge in [0.05, 0.1) is 12.2 Å². The topological polar surface area (TPSA) is 41.5 Å². The van der Waals surface area contributed by atoms with Gasteiger partial charge in [-0.3, -0.25) is 0 Å². The van der Waals surface area contributed by atoms with E-state index in [0.29, 0.717) is 0 Å². The highest BCUT2D eigenvalue weighted by molar-refractivity contribution is 5.45. The summed E-state index contributed by atoms with van der Waals surface area (Å²) in [6, 6.07) is 7.80. The van der Waals surface area contributed by atoms with E-state index in [1.54, 1.807) is 7.11 Å². The first kappa shape index (κ1) is 13.0. The van der Waals surface area contributed by atoms with E-state index in [0.717, 1.165) is 24.2 Å². The fourth-order valence-corrected chi connectivity index (χ4v) is 1.39. The average molecular weight is 223 g/mol. The molecule has 16 heavy (non-hydrogen) atoms. The molecule has 0 radical (unpaired) electrons. The largest absolute Gasteiger partial charge is 0.392 e. The summed E-state index contributed by atoms with van der Waals surface area (Å²) in [4.78, 5) is 0. The van der Waals surface area contributed by atoms with Gasteiger partial charge in [-0.25, -0.2) is 0 Å². The van der Waals surface area contributed by atoms with Crippen LogP contribution in [0.25, 0.3) is 0 Å². The van der Waals surface area contributed by atoms with Gasteiger partial charge < -0.3 is 15.2 Å². The van der Waals surface area contributed by atoms with Gasteiger partial charge in [-0.15, -0.1) is 0 Å². The zero-order valence-electron chi connectivity index (χ0n) is 10.3. The zero-order chi connectivity index (χ0) is 12.0. The number of hydrogen-bond donors (Lipinski definition) is 2. The normalized spacial score (nSPS) is 11.5. The summed E-state index contributed by atoms with van der Waals surface area (Å²) in [5, 5.41) is 12.3. The molecule has 0 atom stereocenters. The Morgan fingerprint density at radius 2 is 2.12 bits per heavy atom. The monoisotopic (exact) mass is 223 g/mol. The molecule has 0 aliphatic carbocycles. The molecule has 0 aliphatic rings. The second-order valence-corrected chi connectivity index (χ2v) is 4.50. The van der Waals surface area contributed by atoms with Crippen molar-refractivity contribution in [2.75, 3.05) is 19.0 Å². The first-order valence-electron chi connectivity index (χ1n) is 5.56. The second-order valence-electron chi connectivity index (χ2n) is 4.50. The number of rotatable bonds is 6. The van der Waals surface area contributed by atoms with E-state index in [1.165, 1.54) is 0 Å². The van der Waals surface area contributed by atoms with Crippen LogP contribution in [0.2, 0.25) is 0 Å². The summed E-state index contributed by atoms with van der Waals surface area (Å²) < 4.78 is 5.34. The van der Waals surface area contributed by atoms with E-state index >= 15 is 0 Å². The van der Waals surface area contributed by atoms with E-state index < -0.39 is 0 Å². The first-order chi connectivity index (χ1) is 7.57. The molecule has 0 bridgehead atoms. The lowest BCUT2D eigenvalue weighted by Gasteiger charge is -2.23. The second kappa shape index (κ2) is 5.87. The summed E-state index contributed by atoms with van der Waals surface area (Å²) in [5.41, 5.74) is 1.87. The van der Waals surface area contributed by atoms with Gasteiger partial charge in [-0.1, -0.05) is 12.1 Å². The van der Waals surface area contributed by atoms with Crippen LogP contribution >= 0.6 is 0 Å².